The molecule has 0 spiro atoms. The van der Waals surface area contributed by atoms with E-state index in [1.165, 1.54) is 32.4 Å². The molecule has 1 aliphatic heterocycles. The number of nitrogens with zero attached hydrogens (tertiary/aromatic N) is 1. The van der Waals surface area contributed by atoms with E-state index < -0.39 is 0 Å². The van der Waals surface area contributed by atoms with Crippen molar-refractivity contribution in [1.29, 1.82) is 0 Å². The van der Waals surface area contributed by atoms with E-state index in [0.29, 0.717) is 5.41 Å². The van der Waals surface area contributed by atoms with E-state index in [4.69, 9.17) is 5.73 Å². The van der Waals surface area contributed by atoms with Crippen LogP contribution in [0.25, 0.3) is 0 Å². The number of rotatable bonds is 2. The summed E-state index contributed by atoms with van der Waals surface area (Å²) in [6, 6.07) is 0. The van der Waals surface area contributed by atoms with Crippen molar-refractivity contribution in [3.05, 3.63) is 0 Å². The van der Waals surface area contributed by atoms with Crippen LogP contribution in [0.2, 0.25) is 0 Å². The molecule has 106 valence electrons. The average molecular weight is 252 g/mol. The second-order valence-electron chi connectivity index (χ2n) is 8.10. The topological polar surface area (TPSA) is 29.3 Å². The highest BCUT2D eigenvalue weighted by atomic mass is 15.2. The monoisotopic (exact) mass is 252 g/mol. The Bertz CT molecular complexity index is 289. The highest BCUT2D eigenvalue weighted by Gasteiger charge is 2.51. The molecule has 2 aliphatic rings. The summed E-state index contributed by atoms with van der Waals surface area (Å²) in [6.45, 7) is 15.4. The van der Waals surface area contributed by atoms with Gasteiger partial charge in [-0.15, -0.1) is 0 Å². The fraction of sp³-hybridized carbons (Fsp3) is 1.00. The first-order chi connectivity index (χ1) is 8.29. The highest BCUT2D eigenvalue weighted by molar-refractivity contribution is 5.07. The predicted octanol–water partition coefficient (Wildman–Crippen LogP) is 3.12. The Morgan fingerprint density at radius 2 is 1.67 bits per heavy atom. The molecule has 0 aromatic heterocycles. The molecule has 1 aliphatic carbocycles. The van der Waals surface area contributed by atoms with Crippen molar-refractivity contribution in [2.75, 3.05) is 19.6 Å². The molecule has 4 atom stereocenters. The number of likely N-dealkylation sites (tertiary alicyclic amines) is 1. The molecular formula is C16H32N2. The van der Waals surface area contributed by atoms with Crippen molar-refractivity contribution in [1.82, 2.24) is 4.90 Å². The third-order valence-corrected chi connectivity index (χ3v) is 5.41. The smallest absolute Gasteiger partial charge is 0.0362 e. The molecule has 0 amide bonds. The van der Waals surface area contributed by atoms with Crippen molar-refractivity contribution in [2.24, 2.45) is 28.9 Å². The summed E-state index contributed by atoms with van der Waals surface area (Å²) in [7, 11) is 0. The van der Waals surface area contributed by atoms with E-state index in [2.05, 4.69) is 39.5 Å². The third-order valence-electron chi connectivity index (χ3n) is 5.41. The molecule has 1 heterocycles. The fourth-order valence-corrected chi connectivity index (χ4v) is 4.95. The van der Waals surface area contributed by atoms with Crippen LogP contribution in [0.1, 0.15) is 53.9 Å². The number of piperidine rings is 1. The van der Waals surface area contributed by atoms with Crippen molar-refractivity contribution < 1.29 is 0 Å². The Morgan fingerprint density at radius 3 is 2.06 bits per heavy atom. The summed E-state index contributed by atoms with van der Waals surface area (Å²) >= 11 is 0. The normalized spacial score (nSPS) is 45.3. The van der Waals surface area contributed by atoms with Gasteiger partial charge in [-0.05, 0) is 42.4 Å². The van der Waals surface area contributed by atoms with Gasteiger partial charge in [0.25, 0.3) is 0 Å². The van der Waals surface area contributed by atoms with E-state index in [1.54, 1.807) is 0 Å². The van der Waals surface area contributed by atoms with Crippen molar-refractivity contribution in [3.8, 4) is 0 Å². The molecule has 2 fully saturated rings. The van der Waals surface area contributed by atoms with E-state index in [1.807, 2.05) is 0 Å². The van der Waals surface area contributed by atoms with Crippen molar-refractivity contribution in [3.63, 3.8) is 0 Å². The largest absolute Gasteiger partial charge is 0.329 e. The Labute approximate surface area is 113 Å². The molecule has 2 rings (SSSR count). The zero-order chi connectivity index (χ0) is 13.6. The molecule has 2 heteroatoms. The van der Waals surface area contributed by atoms with Gasteiger partial charge < -0.3 is 5.73 Å². The van der Waals surface area contributed by atoms with Crippen molar-refractivity contribution >= 4 is 0 Å². The standard InChI is InChI=1S/C16H32N2/c1-12-6-13(2)9-18(8-12)16(11-17)10-15(4,5)7-14(16)3/h12-14H,6-11,17H2,1-5H3. The molecule has 2 nitrogen and oxygen atoms in total. The Balaban J connectivity index is 2.22. The van der Waals surface area contributed by atoms with Gasteiger partial charge in [-0.2, -0.15) is 0 Å². The fourth-order valence-electron chi connectivity index (χ4n) is 4.95. The number of nitrogens with two attached hydrogens (primary N) is 1. The molecule has 2 N–H and O–H groups in total. The Hall–Kier alpha value is -0.0800. The maximum atomic E-state index is 6.26. The van der Waals surface area contributed by atoms with Crippen LogP contribution in [0.5, 0.6) is 0 Å². The first-order valence-electron chi connectivity index (χ1n) is 7.74. The summed E-state index contributed by atoms with van der Waals surface area (Å²) in [5, 5.41) is 0. The van der Waals surface area contributed by atoms with Gasteiger partial charge in [-0.3, -0.25) is 4.90 Å². The Kier molecular flexibility index (Phi) is 3.81. The second-order valence-corrected chi connectivity index (χ2v) is 8.10. The van der Waals surface area contributed by atoms with E-state index in [0.717, 1.165) is 24.3 Å². The lowest BCUT2D eigenvalue weighted by Crippen LogP contribution is -2.59. The lowest BCUT2D eigenvalue weighted by Gasteiger charge is -2.49. The molecule has 1 saturated heterocycles. The van der Waals surface area contributed by atoms with Gasteiger partial charge in [0.1, 0.15) is 0 Å². The lowest BCUT2D eigenvalue weighted by molar-refractivity contribution is 0.00513. The van der Waals surface area contributed by atoms with Gasteiger partial charge in [0, 0.05) is 25.2 Å². The summed E-state index contributed by atoms with van der Waals surface area (Å²) in [5.41, 5.74) is 6.99. The average Bonchev–Trinajstić information content (AvgIpc) is 2.47. The molecule has 4 unspecified atom stereocenters. The molecular weight excluding hydrogens is 220 g/mol. The first kappa shape index (κ1) is 14.3. The summed E-state index contributed by atoms with van der Waals surface area (Å²) in [5.74, 6) is 2.39. The van der Waals surface area contributed by atoms with E-state index in [9.17, 15) is 0 Å². The summed E-state index contributed by atoms with van der Waals surface area (Å²) in [4.78, 5) is 2.76. The second kappa shape index (κ2) is 4.79. The van der Waals surface area contributed by atoms with Gasteiger partial charge in [0.15, 0.2) is 0 Å². The molecule has 0 aromatic carbocycles. The quantitative estimate of drug-likeness (QED) is 0.818. The van der Waals surface area contributed by atoms with E-state index >= 15 is 0 Å². The maximum Gasteiger partial charge on any atom is 0.0362 e. The van der Waals surface area contributed by atoms with Crippen LogP contribution in [0.3, 0.4) is 0 Å². The minimum atomic E-state index is 0.270. The minimum absolute atomic E-state index is 0.270. The molecule has 0 bridgehead atoms. The highest BCUT2D eigenvalue weighted by Crippen LogP contribution is 2.51. The molecule has 18 heavy (non-hydrogen) atoms. The van der Waals surface area contributed by atoms with Crippen LogP contribution >= 0.6 is 0 Å². The van der Waals surface area contributed by atoms with Gasteiger partial charge in [-0.25, -0.2) is 0 Å². The van der Waals surface area contributed by atoms with Crippen LogP contribution in [-0.4, -0.2) is 30.1 Å². The van der Waals surface area contributed by atoms with Gasteiger partial charge >= 0.3 is 0 Å². The molecule has 1 saturated carbocycles. The van der Waals surface area contributed by atoms with Gasteiger partial charge in [0.2, 0.25) is 0 Å². The maximum absolute atomic E-state index is 6.26. The van der Waals surface area contributed by atoms with Crippen molar-refractivity contribution in [2.45, 2.75) is 59.4 Å². The van der Waals surface area contributed by atoms with Crippen LogP contribution < -0.4 is 5.73 Å². The SMILES string of the molecule is CC1CC(C)CN(C2(CN)CC(C)(C)CC2C)C1. The van der Waals surface area contributed by atoms with Gasteiger partial charge in [-0.1, -0.05) is 34.6 Å². The first-order valence-corrected chi connectivity index (χ1v) is 7.74. The minimum Gasteiger partial charge on any atom is -0.329 e. The number of hydrogen-bond acceptors (Lipinski definition) is 2. The third kappa shape index (κ3) is 2.46. The molecule has 0 aromatic rings. The zero-order valence-electron chi connectivity index (χ0n) is 13.0. The van der Waals surface area contributed by atoms with Crippen LogP contribution in [0.4, 0.5) is 0 Å². The van der Waals surface area contributed by atoms with Crippen LogP contribution in [-0.2, 0) is 0 Å². The lowest BCUT2D eigenvalue weighted by atomic mass is 9.80. The van der Waals surface area contributed by atoms with E-state index in [-0.39, 0.29) is 5.54 Å². The zero-order valence-corrected chi connectivity index (χ0v) is 13.0. The molecule has 0 radical (unpaired) electrons. The predicted molar refractivity (Wildman–Crippen MR) is 78.5 cm³/mol. The summed E-state index contributed by atoms with van der Waals surface area (Å²) in [6.07, 6.45) is 3.98. The van der Waals surface area contributed by atoms with Crippen LogP contribution in [0, 0.1) is 23.2 Å². The Morgan fingerprint density at radius 1 is 1.11 bits per heavy atom. The van der Waals surface area contributed by atoms with Crippen LogP contribution in [0.15, 0.2) is 0 Å². The van der Waals surface area contributed by atoms with Gasteiger partial charge in [0.05, 0.1) is 0 Å². The summed E-state index contributed by atoms with van der Waals surface area (Å²) < 4.78 is 0. The number of hydrogen-bond donors (Lipinski definition) is 1.